The fraction of sp³-hybridized carbons (Fsp3) is 0.333. The average Bonchev–Trinajstić information content (AvgIpc) is 2.66. The third-order valence-corrected chi connectivity index (χ3v) is 4.91. The maximum absolute atomic E-state index is 13.1. The smallest absolute Gasteiger partial charge is 0.244 e. The van der Waals surface area contributed by atoms with E-state index in [1.165, 1.54) is 0 Å². The van der Waals surface area contributed by atoms with E-state index in [-0.39, 0.29) is 18.4 Å². The molecule has 6 heteroatoms. The van der Waals surface area contributed by atoms with Crippen molar-refractivity contribution < 1.29 is 14.3 Å². The van der Waals surface area contributed by atoms with Gasteiger partial charge in [0.1, 0.15) is 12.3 Å². The van der Waals surface area contributed by atoms with Gasteiger partial charge in [-0.05, 0) is 39.1 Å². The van der Waals surface area contributed by atoms with E-state index in [2.05, 4.69) is 11.4 Å². The summed E-state index contributed by atoms with van der Waals surface area (Å²) in [4.78, 5) is 28.7. The summed E-state index contributed by atoms with van der Waals surface area (Å²) in [5, 5.41) is 2.81. The molecule has 0 radical (unpaired) electrons. The lowest BCUT2D eigenvalue weighted by atomic mass is 10.1. The summed E-state index contributed by atoms with van der Waals surface area (Å²) in [7, 11) is 3.55. The largest absolute Gasteiger partial charge is 0.496 e. The number of anilines is 2. The topological polar surface area (TPSA) is 61.9 Å². The molecule has 2 aromatic carbocycles. The number of carbonyl (C=O) groups excluding carboxylic acids is 2. The van der Waals surface area contributed by atoms with Crippen molar-refractivity contribution in [1.29, 1.82) is 0 Å². The van der Waals surface area contributed by atoms with Gasteiger partial charge in [-0.25, -0.2) is 0 Å². The van der Waals surface area contributed by atoms with Crippen molar-refractivity contribution in [3.63, 3.8) is 0 Å². The van der Waals surface area contributed by atoms with Crippen molar-refractivity contribution in [1.82, 2.24) is 4.90 Å². The first-order valence-electron chi connectivity index (χ1n) is 8.94. The first kappa shape index (κ1) is 18.9. The maximum atomic E-state index is 13.1. The van der Waals surface area contributed by atoms with E-state index in [1.807, 2.05) is 56.1 Å². The van der Waals surface area contributed by atoms with Gasteiger partial charge in [0.15, 0.2) is 0 Å². The molecule has 0 fully saturated rings. The van der Waals surface area contributed by atoms with Crippen LogP contribution in [-0.2, 0) is 16.1 Å². The first-order valence-corrected chi connectivity index (χ1v) is 8.94. The van der Waals surface area contributed by atoms with Crippen LogP contribution in [0, 0.1) is 6.92 Å². The first-order chi connectivity index (χ1) is 12.9. The van der Waals surface area contributed by atoms with Crippen LogP contribution in [-0.4, -0.2) is 43.5 Å². The number of nitrogens with one attached hydrogen (secondary N) is 1. The van der Waals surface area contributed by atoms with Gasteiger partial charge < -0.3 is 10.1 Å². The van der Waals surface area contributed by atoms with E-state index in [9.17, 15) is 9.59 Å². The lowest BCUT2D eigenvalue weighted by Crippen LogP contribution is -2.50. The number of hydrogen-bond acceptors (Lipinski definition) is 4. The fourth-order valence-electron chi connectivity index (χ4n) is 3.28. The molecule has 1 unspecified atom stereocenters. The number of para-hydroxylation sites is 2. The minimum absolute atomic E-state index is 0.0296. The molecule has 0 saturated carbocycles. The monoisotopic (exact) mass is 367 g/mol. The van der Waals surface area contributed by atoms with E-state index >= 15 is 0 Å². The minimum atomic E-state index is -0.394. The second kappa shape index (κ2) is 7.80. The molecule has 2 amide bonds. The van der Waals surface area contributed by atoms with Crippen LogP contribution in [0.2, 0.25) is 0 Å². The number of amides is 2. The summed E-state index contributed by atoms with van der Waals surface area (Å²) in [5.74, 6) is 0.512. The zero-order chi connectivity index (χ0) is 19.6. The van der Waals surface area contributed by atoms with E-state index < -0.39 is 6.04 Å². The molecule has 2 aromatic rings. The van der Waals surface area contributed by atoms with Crippen LogP contribution in [0.4, 0.5) is 11.4 Å². The number of aryl methyl sites for hydroxylation is 1. The van der Waals surface area contributed by atoms with Gasteiger partial charge in [0.25, 0.3) is 0 Å². The Morgan fingerprint density at radius 2 is 2.04 bits per heavy atom. The molecule has 142 valence electrons. The highest BCUT2D eigenvalue weighted by atomic mass is 16.5. The zero-order valence-electron chi connectivity index (χ0n) is 16.2. The Kier molecular flexibility index (Phi) is 5.46. The number of nitrogens with zero attached hydrogens (tertiary/aromatic N) is 2. The van der Waals surface area contributed by atoms with Gasteiger partial charge in [-0.15, -0.1) is 0 Å². The van der Waals surface area contributed by atoms with Crippen LogP contribution in [0.15, 0.2) is 42.5 Å². The van der Waals surface area contributed by atoms with Crippen molar-refractivity contribution in [2.75, 3.05) is 30.9 Å². The SMILES string of the molecule is COc1ccc(C)cc1CN(C)C(C)C(=O)N1CC(=O)Nc2ccccc21. The molecule has 1 atom stereocenters. The lowest BCUT2D eigenvalue weighted by molar-refractivity contribution is -0.125. The fourth-order valence-corrected chi connectivity index (χ4v) is 3.28. The van der Waals surface area contributed by atoms with E-state index in [0.717, 1.165) is 22.6 Å². The summed E-state index contributed by atoms with van der Waals surface area (Å²) in [5.41, 5.74) is 3.56. The van der Waals surface area contributed by atoms with Gasteiger partial charge in [0.05, 0.1) is 24.5 Å². The Bertz CT molecular complexity index is 866. The molecule has 0 spiro atoms. The van der Waals surface area contributed by atoms with Crippen LogP contribution < -0.4 is 15.0 Å². The minimum Gasteiger partial charge on any atom is -0.496 e. The Labute approximate surface area is 159 Å². The molecule has 6 nitrogen and oxygen atoms in total. The van der Waals surface area contributed by atoms with Crippen LogP contribution in [0.5, 0.6) is 5.75 Å². The van der Waals surface area contributed by atoms with E-state index in [4.69, 9.17) is 4.74 Å². The summed E-state index contributed by atoms with van der Waals surface area (Å²) in [6.07, 6.45) is 0. The average molecular weight is 367 g/mol. The van der Waals surface area contributed by atoms with Gasteiger partial charge in [-0.3, -0.25) is 19.4 Å². The molecule has 1 heterocycles. The zero-order valence-corrected chi connectivity index (χ0v) is 16.2. The second-order valence-corrected chi connectivity index (χ2v) is 6.90. The third-order valence-electron chi connectivity index (χ3n) is 4.91. The molecule has 1 aliphatic heterocycles. The predicted molar refractivity (Wildman–Crippen MR) is 106 cm³/mol. The number of likely N-dealkylation sites (N-methyl/N-ethyl adjacent to an activating group) is 1. The number of hydrogen-bond donors (Lipinski definition) is 1. The molecule has 0 bridgehead atoms. The third kappa shape index (κ3) is 3.95. The van der Waals surface area contributed by atoms with Crippen molar-refractivity contribution in [2.24, 2.45) is 0 Å². The number of fused-ring (bicyclic) bond motifs is 1. The molecule has 3 rings (SSSR count). The van der Waals surface area contributed by atoms with Crippen LogP contribution in [0.25, 0.3) is 0 Å². The molecular weight excluding hydrogens is 342 g/mol. The molecule has 0 aromatic heterocycles. The molecule has 27 heavy (non-hydrogen) atoms. The Morgan fingerprint density at radius 1 is 1.30 bits per heavy atom. The summed E-state index contributed by atoms with van der Waals surface area (Å²) in [6.45, 7) is 4.49. The van der Waals surface area contributed by atoms with Gasteiger partial charge in [0.2, 0.25) is 11.8 Å². The van der Waals surface area contributed by atoms with Crippen LogP contribution in [0.1, 0.15) is 18.1 Å². The Morgan fingerprint density at radius 3 is 2.78 bits per heavy atom. The Balaban J connectivity index is 1.79. The highest BCUT2D eigenvalue weighted by Crippen LogP contribution is 2.30. The quantitative estimate of drug-likeness (QED) is 0.883. The molecule has 1 aliphatic rings. The van der Waals surface area contributed by atoms with Crippen LogP contribution in [0.3, 0.4) is 0 Å². The summed E-state index contributed by atoms with van der Waals surface area (Å²) >= 11 is 0. The van der Waals surface area contributed by atoms with E-state index in [1.54, 1.807) is 18.1 Å². The number of carbonyl (C=O) groups is 2. The normalized spacial score (nSPS) is 14.6. The van der Waals surface area contributed by atoms with Gasteiger partial charge in [-0.2, -0.15) is 0 Å². The maximum Gasteiger partial charge on any atom is 0.244 e. The molecule has 0 aliphatic carbocycles. The molecule has 1 N–H and O–H groups in total. The molecule has 0 saturated heterocycles. The van der Waals surface area contributed by atoms with Gasteiger partial charge in [-0.1, -0.05) is 29.8 Å². The van der Waals surface area contributed by atoms with Gasteiger partial charge >= 0.3 is 0 Å². The number of ether oxygens (including phenoxy) is 1. The number of benzene rings is 2. The van der Waals surface area contributed by atoms with Gasteiger partial charge in [0, 0.05) is 12.1 Å². The van der Waals surface area contributed by atoms with Crippen molar-refractivity contribution in [3.05, 3.63) is 53.6 Å². The number of methoxy groups -OCH3 is 1. The van der Waals surface area contributed by atoms with E-state index in [0.29, 0.717) is 12.2 Å². The van der Waals surface area contributed by atoms with Crippen LogP contribution >= 0.6 is 0 Å². The van der Waals surface area contributed by atoms with Crippen molar-refractivity contribution in [2.45, 2.75) is 26.4 Å². The predicted octanol–water partition coefficient (Wildman–Crippen LogP) is 2.81. The van der Waals surface area contributed by atoms with Crippen molar-refractivity contribution in [3.8, 4) is 5.75 Å². The van der Waals surface area contributed by atoms with Crippen molar-refractivity contribution >= 4 is 23.2 Å². The highest BCUT2D eigenvalue weighted by Gasteiger charge is 2.31. The lowest BCUT2D eigenvalue weighted by Gasteiger charge is -2.34. The standard InChI is InChI=1S/C21H25N3O3/c1-14-9-10-19(27-4)16(11-14)12-23(3)15(2)21(26)24-13-20(25)22-17-7-5-6-8-18(17)24/h5-11,15H,12-13H2,1-4H3,(H,22,25). The second-order valence-electron chi connectivity index (χ2n) is 6.90. The highest BCUT2D eigenvalue weighted by molar-refractivity contribution is 6.11. The summed E-state index contributed by atoms with van der Waals surface area (Å²) < 4.78 is 5.44. The molecular formula is C21H25N3O3. The Hall–Kier alpha value is -2.86. The summed E-state index contributed by atoms with van der Waals surface area (Å²) in [6, 6.07) is 13.0. The number of rotatable bonds is 5.